The van der Waals surface area contributed by atoms with Crippen LogP contribution in [0.3, 0.4) is 0 Å². The number of anilines is 1. The van der Waals surface area contributed by atoms with Crippen molar-refractivity contribution in [2.45, 2.75) is 25.8 Å². The van der Waals surface area contributed by atoms with Crippen molar-refractivity contribution >= 4 is 17.5 Å². The summed E-state index contributed by atoms with van der Waals surface area (Å²) in [5, 5.41) is 5.95. The predicted molar refractivity (Wildman–Crippen MR) is 78.7 cm³/mol. The van der Waals surface area contributed by atoms with E-state index < -0.39 is 0 Å². The average Bonchev–Trinajstić information content (AvgIpc) is 2.84. The van der Waals surface area contributed by atoms with E-state index in [4.69, 9.17) is 0 Å². The summed E-state index contributed by atoms with van der Waals surface area (Å²) in [5.74, 6) is 0.0656. The topological polar surface area (TPSA) is 61.4 Å². The molecule has 5 nitrogen and oxygen atoms in total. The standard InChI is InChI=1S/C15H21N3O2/c1-11(10-18-9-5-8-14(18)19)17-15(20)12-6-3-4-7-13(12)16-2/h3-4,6-7,11,16H,5,8-10H2,1-2H3,(H,17,20). The second-order valence-electron chi connectivity index (χ2n) is 5.11. The molecule has 0 spiro atoms. The van der Waals surface area contributed by atoms with Crippen molar-refractivity contribution in [2.75, 3.05) is 25.5 Å². The Morgan fingerprint density at radius 1 is 1.40 bits per heavy atom. The van der Waals surface area contributed by atoms with Gasteiger partial charge in [0.15, 0.2) is 0 Å². The van der Waals surface area contributed by atoms with Gasteiger partial charge in [0.1, 0.15) is 0 Å². The maximum Gasteiger partial charge on any atom is 0.253 e. The van der Waals surface area contributed by atoms with Crippen LogP contribution in [0.5, 0.6) is 0 Å². The van der Waals surface area contributed by atoms with Crippen LogP contribution < -0.4 is 10.6 Å². The second-order valence-corrected chi connectivity index (χ2v) is 5.11. The van der Waals surface area contributed by atoms with Crippen LogP contribution in [0.25, 0.3) is 0 Å². The number of amides is 2. The van der Waals surface area contributed by atoms with E-state index in [9.17, 15) is 9.59 Å². The van der Waals surface area contributed by atoms with Gasteiger partial charge in [0.2, 0.25) is 5.91 Å². The molecule has 0 saturated carbocycles. The molecule has 1 fully saturated rings. The number of nitrogens with zero attached hydrogens (tertiary/aromatic N) is 1. The molecule has 1 unspecified atom stereocenters. The van der Waals surface area contributed by atoms with Gasteiger partial charge in [-0.3, -0.25) is 9.59 Å². The number of nitrogens with one attached hydrogen (secondary N) is 2. The fourth-order valence-corrected chi connectivity index (χ4v) is 2.47. The number of hydrogen-bond donors (Lipinski definition) is 2. The van der Waals surface area contributed by atoms with E-state index >= 15 is 0 Å². The molecule has 2 amide bonds. The Balaban J connectivity index is 1.95. The Morgan fingerprint density at radius 2 is 2.15 bits per heavy atom. The lowest BCUT2D eigenvalue weighted by molar-refractivity contribution is -0.127. The van der Waals surface area contributed by atoms with Gasteiger partial charge in [-0.25, -0.2) is 0 Å². The van der Waals surface area contributed by atoms with Gasteiger partial charge < -0.3 is 15.5 Å². The quantitative estimate of drug-likeness (QED) is 0.855. The molecular formula is C15H21N3O2. The predicted octanol–water partition coefficient (Wildman–Crippen LogP) is 1.47. The third-order valence-electron chi connectivity index (χ3n) is 3.48. The number of hydrogen-bond acceptors (Lipinski definition) is 3. The molecule has 1 aromatic carbocycles. The zero-order chi connectivity index (χ0) is 14.5. The first-order valence-electron chi connectivity index (χ1n) is 6.97. The molecule has 2 rings (SSSR count). The van der Waals surface area contributed by atoms with Crippen LogP contribution in [0, 0.1) is 0 Å². The highest BCUT2D eigenvalue weighted by Gasteiger charge is 2.22. The summed E-state index contributed by atoms with van der Waals surface area (Å²) in [5.41, 5.74) is 1.42. The van der Waals surface area contributed by atoms with E-state index in [1.54, 1.807) is 13.1 Å². The van der Waals surface area contributed by atoms with E-state index in [-0.39, 0.29) is 17.9 Å². The second kappa shape index (κ2) is 6.41. The maximum atomic E-state index is 12.2. The van der Waals surface area contributed by atoms with E-state index in [0.29, 0.717) is 18.5 Å². The largest absolute Gasteiger partial charge is 0.387 e. The molecule has 1 aliphatic heterocycles. The van der Waals surface area contributed by atoms with E-state index in [2.05, 4.69) is 10.6 Å². The van der Waals surface area contributed by atoms with Gasteiger partial charge in [-0.1, -0.05) is 12.1 Å². The van der Waals surface area contributed by atoms with Crippen LogP contribution in [0.1, 0.15) is 30.1 Å². The van der Waals surface area contributed by atoms with Gasteiger partial charge in [0.25, 0.3) is 5.91 Å². The highest BCUT2D eigenvalue weighted by atomic mass is 16.2. The fraction of sp³-hybridized carbons (Fsp3) is 0.467. The average molecular weight is 275 g/mol. The summed E-state index contributed by atoms with van der Waals surface area (Å²) >= 11 is 0. The minimum Gasteiger partial charge on any atom is -0.387 e. The van der Waals surface area contributed by atoms with Crippen molar-refractivity contribution in [1.29, 1.82) is 0 Å². The number of carbonyl (C=O) groups excluding carboxylic acids is 2. The molecule has 1 heterocycles. The van der Waals surface area contributed by atoms with Gasteiger partial charge in [-0.05, 0) is 25.5 Å². The molecule has 108 valence electrons. The molecule has 0 bridgehead atoms. The lowest BCUT2D eigenvalue weighted by atomic mass is 10.1. The van der Waals surface area contributed by atoms with E-state index in [1.165, 1.54) is 0 Å². The molecule has 0 aliphatic carbocycles. The summed E-state index contributed by atoms with van der Waals surface area (Å²) < 4.78 is 0. The number of benzene rings is 1. The van der Waals surface area contributed by atoms with Gasteiger partial charge in [0, 0.05) is 38.3 Å². The van der Waals surface area contributed by atoms with Crippen LogP contribution in [0.15, 0.2) is 24.3 Å². The first kappa shape index (κ1) is 14.4. The number of para-hydroxylation sites is 1. The van der Waals surface area contributed by atoms with Gasteiger partial charge >= 0.3 is 0 Å². The summed E-state index contributed by atoms with van der Waals surface area (Å²) in [6.45, 7) is 3.30. The molecule has 1 atom stereocenters. The molecule has 20 heavy (non-hydrogen) atoms. The molecular weight excluding hydrogens is 254 g/mol. The number of likely N-dealkylation sites (tertiary alicyclic amines) is 1. The molecule has 2 N–H and O–H groups in total. The van der Waals surface area contributed by atoms with Crippen molar-refractivity contribution in [2.24, 2.45) is 0 Å². The van der Waals surface area contributed by atoms with Crippen LogP contribution in [-0.4, -0.2) is 42.9 Å². The van der Waals surface area contributed by atoms with E-state index in [0.717, 1.165) is 18.7 Å². The SMILES string of the molecule is CNc1ccccc1C(=O)NC(C)CN1CCCC1=O. The van der Waals surface area contributed by atoms with Gasteiger partial charge in [-0.2, -0.15) is 0 Å². The minimum atomic E-state index is -0.117. The Morgan fingerprint density at radius 3 is 2.80 bits per heavy atom. The van der Waals surface area contributed by atoms with Crippen molar-refractivity contribution < 1.29 is 9.59 Å². The van der Waals surface area contributed by atoms with Crippen LogP contribution in [0.2, 0.25) is 0 Å². The van der Waals surface area contributed by atoms with Crippen molar-refractivity contribution in [3.05, 3.63) is 29.8 Å². The molecule has 0 aromatic heterocycles. The normalized spacial score (nSPS) is 16.1. The summed E-state index contributed by atoms with van der Waals surface area (Å²) in [6, 6.07) is 7.31. The zero-order valence-electron chi connectivity index (χ0n) is 12.0. The Kier molecular flexibility index (Phi) is 4.61. The zero-order valence-corrected chi connectivity index (χ0v) is 12.0. The van der Waals surface area contributed by atoms with Crippen molar-refractivity contribution in [3.8, 4) is 0 Å². The third-order valence-corrected chi connectivity index (χ3v) is 3.48. The first-order valence-corrected chi connectivity index (χ1v) is 6.97. The maximum absolute atomic E-state index is 12.2. The van der Waals surface area contributed by atoms with Crippen molar-refractivity contribution in [3.63, 3.8) is 0 Å². The third kappa shape index (κ3) is 3.29. The Hall–Kier alpha value is -2.04. The monoisotopic (exact) mass is 275 g/mol. The first-order chi connectivity index (χ1) is 9.61. The minimum absolute atomic E-state index is 0.0607. The molecule has 5 heteroatoms. The highest BCUT2D eigenvalue weighted by Crippen LogP contribution is 2.14. The Bertz CT molecular complexity index is 502. The van der Waals surface area contributed by atoms with Crippen LogP contribution in [-0.2, 0) is 4.79 Å². The summed E-state index contributed by atoms with van der Waals surface area (Å²) in [6.07, 6.45) is 1.55. The van der Waals surface area contributed by atoms with Gasteiger partial charge in [-0.15, -0.1) is 0 Å². The highest BCUT2D eigenvalue weighted by molar-refractivity contribution is 5.99. The summed E-state index contributed by atoms with van der Waals surface area (Å²) in [4.78, 5) is 25.6. The number of rotatable bonds is 5. The van der Waals surface area contributed by atoms with Crippen molar-refractivity contribution in [1.82, 2.24) is 10.2 Å². The van der Waals surface area contributed by atoms with Crippen LogP contribution >= 0.6 is 0 Å². The lowest BCUT2D eigenvalue weighted by Gasteiger charge is -2.22. The fourth-order valence-electron chi connectivity index (χ4n) is 2.47. The van der Waals surface area contributed by atoms with Crippen LogP contribution in [0.4, 0.5) is 5.69 Å². The number of carbonyl (C=O) groups is 2. The Labute approximate surface area is 119 Å². The molecule has 1 saturated heterocycles. The lowest BCUT2D eigenvalue weighted by Crippen LogP contribution is -2.42. The van der Waals surface area contributed by atoms with Gasteiger partial charge in [0.05, 0.1) is 5.56 Å². The molecule has 1 aromatic rings. The molecule has 0 radical (unpaired) electrons. The van der Waals surface area contributed by atoms with E-state index in [1.807, 2.05) is 30.0 Å². The smallest absolute Gasteiger partial charge is 0.253 e. The molecule has 1 aliphatic rings. The summed E-state index contributed by atoms with van der Waals surface area (Å²) in [7, 11) is 1.79.